The minimum atomic E-state index is -1.23. The third kappa shape index (κ3) is 22.5. The van der Waals surface area contributed by atoms with Crippen LogP contribution in [0, 0.1) is 0 Å². The minimum Gasteiger partial charge on any atom is -0.479 e. The van der Waals surface area contributed by atoms with Crippen molar-refractivity contribution in [2.24, 2.45) is 5.90 Å². The molecule has 0 rings (SSSR count). The number of hydrogen-bond acceptors (Lipinski definition) is 4. The van der Waals surface area contributed by atoms with Gasteiger partial charge in [0.2, 0.25) is 0 Å². The highest BCUT2D eigenvalue weighted by molar-refractivity contribution is 5.71. The fraction of sp³-hybridized carbons (Fsp3) is 0.933. The van der Waals surface area contributed by atoms with E-state index >= 15 is 0 Å². The molecule has 1 atom stereocenters. The number of aliphatic hydroxyl groups is 1. The first-order valence-corrected chi connectivity index (χ1v) is 7.78. The van der Waals surface area contributed by atoms with Crippen molar-refractivity contribution >= 4 is 5.97 Å². The van der Waals surface area contributed by atoms with Gasteiger partial charge in [-0.1, -0.05) is 64.7 Å². The maximum atomic E-state index is 9.45. The Kier molecular flexibility index (Phi) is 19.9. The molecule has 0 amide bonds. The quantitative estimate of drug-likeness (QED) is 0.379. The Hall–Kier alpha value is -0.650. The Balaban J connectivity index is 0. The molecular weight excluding hydrogens is 258 g/mol. The Morgan fingerprint density at radius 1 is 1.00 bits per heavy atom. The smallest absolute Gasteiger partial charge is 0.332 e. The molecular formula is C15H33NO4. The van der Waals surface area contributed by atoms with Gasteiger partial charge >= 0.3 is 5.97 Å². The molecule has 0 saturated heterocycles. The Labute approximate surface area is 123 Å². The summed E-state index contributed by atoms with van der Waals surface area (Å²) in [4.78, 5) is 14.0. The van der Waals surface area contributed by atoms with Crippen LogP contribution in [0.3, 0.4) is 0 Å². The lowest BCUT2D eigenvalue weighted by Crippen LogP contribution is -2.13. The first-order chi connectivity index (χ1) is 9.56. The van der Waals surface area contributed by atoms with E-state index in [-0.39, 0.29) is 0 Å². The standard InChI is InChI=1S/C12H27NO.C3H6O3/c1-2-3-4-5-6-7-8-9-10-11-12-14-13;1-2(4)3(5)6/h2-13H2,1H3;2,4H,1H3,(H,5,6). The first-order valence-electron chi connectivity index (χ1n) is 7.78. The van der Waals surface area contributed by atoms with Gasteiger partial charge < -0.3 is 15.1 Å². The molecule has 0 aromatic rings. The number of rotatable bonds is 12. The van der Waals surface area contributed by atoms with Gasteiger partial charge in [0, 0.05) is 0 Å². The highest BCUT2D eigenvalue weighted by Crippen LogP contribution is 2.10. The van der Waals surface area contributed by atoms with Crippen LogP contribution in [0.1, 0.15) is 78.1 Å². The number of nitrogens with two attached hydrogens (primary N) is 1. The van der Waals surface area contributed by atoms with Crippen LogP contribution in [-0.4, -0.2) is 28.9 Å². The van der Waals surface area contributed by atoms with Crippen LogP contribution in [-0.2, 0) is 9.63 Å². The molecule has 0 heterocycles. The zero-order valence-electron chi connectivity index (χ0n) is 13.1. The SMILES string of the molecule is CC(O)C(=O)O.CCCCCCCCCCCCON. The van der Waals surface area contributed by atoms with Crippen LogP contribution in [0.15, 0.2) is 0 Å². The summed E-state index contributed by atoms with van der Waals surface area (Å²) in [6.45, 7) is 4.18. The molecule has 5 nitrogen and oxygen atoms in total. The molecule has 4 N–H and O–H groups in total. The van der Waals surface area contributed by atoms with Gasteiger partial charge in [-0.15, -0.1) is 0 Å². The number of aliphatic hydroxyl groups excluding tert-OH is 1. The molecule has 0 aliphatic carbocycles. The van der Waals surface area contributed by atoms with E-state index in [0.717, 1.165) is 13.0 Å². The van der Waals surface area contributed by atoms with E-state index < -0.39 is 12.1 Å². The Morgan fingerprint density at radius 3 is 1.65 bits per heavy atom. The molecule has 0 bridgehead atoms. The summed E-state index contributed by atoms with van der Waals surface area (Å²) in [7, 11) is 0. The van der Waals surface area contributed by atoms with Crippen molar-refractivity contribution in [3.63, 3.8) is 0 Å². The normalized spacial score (nSPS) is 11.6. The largest absolute Gasteiger partial charge is 0.479 e. The lowest BCUT2D eigenvalue weighted by molar-refractivity contribution is -0.145. The van der Waals surface area contributed by atoms with Crippen molar-refractivity contribution in [2.45, 2.75) is 84.2 Å². The van der Waals surface area contributed by atoms with Crippen LogP contribution in [0.25, 0.3) is 0 Å². The molecule has 5 heteroatoms. The van der Waals surface area contributed by atoms with Crippen molar-refractivity contribution in [2.75, 3.05) is 6.61 Å². The number of unbranched alkanes of at least 4 members (excludes halogenated alkanes) is 9. The molecule has 122 valence electrons. The average Bonchev–Trinajstić information content (AvgIpc) is 2.41. The zero-order chi connectivity index (χ0) is 15.6. The molecule has 0 saturated carbocycles. The first kappa shape index (κ1) is 21.6. The van der Waals surface area contributed by atoms with Gasteiger partial charge in [0.15, 0.2) is 0 Å². The van der Waals surface area contributed by atoms with E-state index in [2.05, 4.69) is 11.8 Å². The number of carboxylic acid groups (broad SMARTS) is 1. The van der Waals surface area contributed by atoms with E-state index in [9.17, 15) is 4.79 Å². The third-order valence-corrected chi connectivity index (χ3v) is 2.97. The van der Waals surface area contributed by atoms with Gasteiger partial charge in [-0.2, -0.15) is 0 Å². The number of carbonyl (C=O) groups is 1. The molecule has 0 radical (unpaired) electrons. The predicted octanol–water partition coefficient (Wildman–Crippen LogP) is 3.25. The van der Waals surface area contributed by atoms with Gasteiger partial charge in [-0.3, -0.25) is 0 Å². The second-order valence-corrected chi connectivity index (χ2v) is 5.07. The van der Waals surface area contributed by atoms with Crippen molar-refractivity contribution in [1.29, 1.82) is 0 Å². The molecule has 0 fully saturated rings. The number of carboxylic acids is 1. The molecule has 0 spiro atoms. The second kappa shape index (κ2) is 18.4. The fourth-order valence-electron chi connectivity index (χ4n) is 1.67. The fourth-order valence-corrected chi connectivity index (χ4v) is 1.67. The van der Waals surface area contributed by atoms with E-state index in [1.54, 1.807) is 0 Å². The summed E-state index contributed by atoms with van der Waals surface area (Å²) in [5, 5.41) is 15.8. The topological polar surface area (TPSA) is 92.8 Å². The van der Waals surface area contributed by atoms with E-state index in [1.165, 1.54) is 64.7 Å². The zero-order valence-corrected chi connectivity index (χ0v) is 13.1. The van der Waals surface area contributed by atoms with E-state index in [0.29, 0.717) is 0 Å². The summed E-state index contributed by atoms with van der Waals surface area (Å²) in [6, 6.07) is 0. The van der Waals surface area contributed by atoms with Crippen LogP contribution in [0.4, 0.5) is 0 Å². The Morgan fingerprint density at radius 2 is 1.35 bits per heavy atom. The molecule has 20 heavy (non-hydrogen) atoms. The van der Waals surface area contributed by atoms with Gasteiger partial charge in [0.05, 0.1) is 6.61 Å². The summed E-state index contributed by atoms with van der Waals surface area (Å²) in [6.07, 6.45) is 12.3. The van der Waals surface area contributed by atoms with Crippen LogP contribution < -0.4 is 5.90 Å². The van der Waals surface area contributed by atoms with Crippen molar-refractivity contribution in [1.82, 2.24) is 0 Å². The highest BCUT2D eigenvalue weighted by Gasteiger charge is 2.01. The number of aliphatic carboxylic acids is 1. The average molecular weight is 291 g/mol. The van der Waals surface area contributed by atoms with Crippen molar-refractivity contribution in [3.8, 4) is 0 Å². The van der Waals surface area contributed by atoms with Crippen molar-refractivity contribution < 1.29 is 19.8 Å². The lowest BCUT2D eigenvalue weighted by Gasteiger charge is -2.01. The summed E-state index contributed by atoms with van der Waals surface area (Å²) in [5.41, 5.74) is 0. The van der Waals surface area contributed by atoms with Gasteiger partial charge in [-0.25, -0.2) is 10.7 Å². The molecule has 1 unspecified atom stereocenters. The summed E-state index contributed by atoms with van der Waals surface area (Å²) >= 11 is 0. The Bertz CT molecular complexity index is 186. The third-order valence-electron chi connectivity index (χ3n) is 2.97. The van der Waals surface area contributed by atoms with Crippen LogP contribution in [0.5, 0.6) is 0 Å². The number of hydrogen-bond donors (Lipinski definition) is 3. The minimum absolute atomic E-state index is 0.719. The van der Waals surface area contributed by atoms with Crippen LogP contribution >= 0.6 is 0 Å². The maximum Gasteiger partial charge on any atom is 0.332 e. The molecule has 0 aromatic carbocycles. The lowest BCUT2D eigenvalue weighted by atomic mass is 10.1. The molecule has 0 aromatic heterocycles. The molecule has 0 aliphatic heterocycles. The second-order valence-electron chi connectivity index (χ2n) is 5.07. The maximum absolute atomic E-state index is 9.45. The van der Waals surface area contributed by atoms with Crippen LogP contribution in [0.2, 0.25) is 0 Å². The van der Waals surface area contributed by atoms with Gasteiger partial charge in [-0.05, 0) is 13.3 Å². The monoisotopic (exact) mass is 291 g/mol. The van der Waals surface area contributed by atoms with E-state index in [1.807, 2.05) is 0 Å². The van der Waals surface area contributed by atoms with Gasteiger partial charge in [0.1, 0.15) is 6.10 Å². The predicted molar refractivity (Wildman–Crippen MR) is 81.3 cm³/mol. The summed E-state index contributed by atoms with van der Waals surface area (Å²) in [5.74, 6) is 3.75. The highest BCUT2D eigenvalue weighted by atomic mass is 16.6. The van der Waals surface area contributed by atoms with E-state index in [4.69, 9.17) is 16.1 Å². The van der Waals surface area contributed by atoms with Gasteiger partial charge in [0.25, 0.3) is 0 Å². The summed E-state index contributed by atoms with van der Waals surface area (Å²) < 4.78 is 0. The molecule has 0 aliphatic rings. The van der Waals surface area contributed by atoms with Crippen molar-refractivity contribution in [3.05, 3.63) is 0 Å².